The maximum Gasteiger partial charge on any atom is 0.256 e. The van der Waals surface area contributed by atoms with Crippen molar-refractivity contribution in [2.24, 2.45) is 5.92 Å². The van der Waals surface area contributed by atoms with E-state index in [1.807, 2.05) is 23.1 Å². The van der Waals surface area contributed by atoms with E-state index < -0.39 is 0 Å². The Bertz CT molecular complexity index is 753. The minimum Gasteiger partial charge on any atom is -0.371 e. The van der Waals surface area contributed by atoms with E-state index in [9.17, 15) is 9.59 Å². The molecule has 0 bridgehead atoms. The highest BCUT2D eigenvalue weighted by Crippen LogP contribution is 2.32. The summed E-state index contributed by atoms with van der Waals surface area (Å²) in [6.07, 6.45) is 6.77. The van der Waals surface area contributed by atoms with Crippen LogP contribution in [0.2, 0.25) is 0 Å². The summed E-state index contributed by atoms with van der Waals surface area (Å²) in [7, 11) is 2.12. The lowest BCUT2D eigenvalue weighted by atomic mass is 10.1. The fourth-order valence-corrected chi connectivity index (χ4v) is 4.36. The van der Waals surface area contributed by atoms with Crippen LogP contribution in [0.5, 0.6) is 0 Å². The number of hydrogen-bond donors (Lipinski definition) is 1. The quantitative estimate of drug-likeness (QED) is 0.846. The van der Waals surface area contributed by atoms with Crippen LogP contribution in [0.4, 0.5) is 11.4 Å². The van der Waals surface area contributed by atoms with Crippen molar-refractivity contribution in [3.63, 3.8) is 0 Å². The van der Waals surface area contributed by atoms with Crippen molar-refractivity contribution in [3.8, 4) is 0 Å². The predicted molar refractivity (Wildman–Crippen MR) is 116 cm³/mol. The number of benzene rings is 1. The number of carbonyl (C=O) groups excluding carboxylic acids is 2. The average Bonchev–Trinajstić information content (AvgIpc) is 3.57. The van der Waals surface area contributed by atoms with Crippen LogP contribution in [-0.2, 0) is 4.79 Å². The van der Waals surface area contributed by atoms with Crippen LogP contribution in [0.1, 0.15) is 55.8 Å². The predicted octanol–water partition coefficient (Wildman–Crippen LogP) is 3.19. The SMILES string of the molecule is CC1CN(C(=O)c2ccc(NC(=O)C3CC3)cc2N2CCCCCC2)CCN1C. The van der Waals surface area contributed by atoms with Crippen LogP contribution in [0.15, 0.2) is 18.2 Å². The normalized spacial score (nSPS) is 23.6. The number of rotatable bonds is 4. The minimum atomic E-state index is 0.110. The third-order valence-corrected chi connectivity index (χ3v) is 6.64. The van der Waals surface area contributed by atoms with E-state index >= 15 is 0 Å². The molecule has 2 amide bonds. The van der Waals surface area contributed by atoms with Gasteiger partial charge in [0.25, 0.3) is 5.91 Å². The van der Waals surface area contributed by atoms with Gasteiger partial charge in [-0.25, -0.2) is 0 Å². The molecule has 1 N–H and O–H groups in total. The molecular weight excluding hydrogens is 364 g/mol. The second-order valence-corrected chi connectivity index (χ2v) is 8.98. The first-order valence-electron chi connectivity index (χ1n) is 11.2. The number of nitrogens with zero attached hydrogens (tertiary/aromatic N) is 3. The van der Waals surface area contributed by atoms with E-state index in [0.29, 0.717) is 6.04 Å². The molecule has 0 spiro atoms. The molecule has 2 heterocycles. The van der Waals surface area contributed by atoms with Crippen LogP contribution in [0.3, 0.4) is 0 Å². The Morgan fingerprint density at radius 3 is 2.38 bits per heavy atom. The number of piperazine rings is 1. The third kappa shape index (κ3) is 4.74. The summed E-state index contributed by atoms with van der Waals surface area (Å²) < 4.78 is 0. The first-order chi connectivity index (χ1) is 14.0. The molecule has 0 radical (unpaired) electrons. The van der Waals surface area contributed by atoms with Crippen LogP contribution < -0.4 is 10.2 Å². The van der Waals surface area contributed by atoms with Crippen LogP contribution in [0.25, 0.3) is 0 Å². The molecule has 2 aliphatic heterocycles. The second-order valence-electron chi connectivity index (χ2n) is 8.98. The molecule has 0 aromatic heterocycles. The average molecular weight is 399 g/mol. The highest BCUT2D eigenvalue weighted by atomic mass is 16.2. The summed E-state index contributed by atoms with van der Waals surface area (Å²) in [6, 6.07) is 6.22. The Hall–Kier alpha value is -2.08. The van der Waals surface area contributed by atoms with E-state index in [1.165, 1.54) is 12.8 Å². The first-order valence-corrected chi connectivity index (χ1v) is 11.2. The van der Waals surface area contributed by atoms with Gasteiger partial charge in [-0.3, -0.25) is 9.59 Å². The number of carbonyl (C=O) groups is 2. The van der Waals surface area contributed by atoms with Crippen molar-refractivity contribution in [2.75, 3.05) is 50.0 Å². The minimum absolute atomic E-state index is 0.110. The zero-order valence-electron chi connectivity index (χ0n) is 17.8. The Morgan fingerprint density at radius 1 is 1.00 bits per heavy atom. The molecule has 6 nitrogen and oxygen atoms in total. The number of anilines is 2. The second kappa shape index (κ2) is 8.74. The van der Waals surface area contributed by atoms with Gasteiger partial charge in [0.2, 0.25) is 5.91 Å². The molecule has 1 unspecified atom stereocenters. The maximum absolute atomic E-state index is 13.4. The summed E-state index contributed by atoms with van der Waals surface area (Å²) >= 11 is 0. The molecular formula is C23H34N4O2. The molecule has 4 rings (SSSR count). The molecule has 1 atom stereocenters. The van der Waals surface area contributed by atoms with Gasteiger partial charge in [-0.05, 0) is 57.9 Å². The Balaban J connectivity index is 1.60. The van der Waals surface area contributed by atoms with Crippen molar-refractivity contribution in [2.45, 2.75) is 51.5 Å². The first kappa shape index (κ1) is 20.2. The Morgan fingerprint density at radius 2 is 1.72 bits per heavy atom. The summed E-state index contributed by atoms with van der Waals surface area (Å²) in [5.41, 5.74) is 2.56. The lowest BCUT2D eigenvalue weighted by Crippen LogP contribution is -2.52. The fraction of sp³-hybridized carbons (Fsp3) is 0.652. The standard InChI is InChI=1S/C23H34N4O2/c1-17-16-27(14-13-25(17)2)23(29)20-10-9-19(24-22(28)18-7-8-18)15-21(20)26-11-5-3-4-6-12-26/h9-10,15,17-18H,3-8,11-14,16H2,1-2H3,(H,24,28). The van der Waals surface area contributed by atoms with Gasteiger partial charge in [0.15, 0.2) is 0 Å². The number of amides is 2. The molecule has 158 valence electrons. The van der Waals surface area contributed by atoms with Crippen LogP contribution in [0, 0.1) is 5.92 Å². The van der Waals surface area contributed by atoms with Gasteiger partial charge in [-0.15, -0.1) is 0 Å². The molecule has 1 aliphatic carbocycles. The number of likely N-dealkylation sites (N-methyl/N-ethyl adjacent to an activating group) is 1. The van der Waals surface area contributed by atoms with Crippen LogP contribution >= 0.6 is 0 Å². The van der Waals surface area contributed by atoms with Crippen molar-refractivity contribution < 1.29 is 9.59 Å². The van der Waals surface area contributed by atoms with E-state index in [-0.39, 0.29) is 17.7 Å². The molecule has 1 aromatic carbocycles. The van der Waals surface area contributed by atoms with Gasteiger partial charge in [0.1, 0.15) is 0 Å². The van der Waals surface area contributed by atoms with Gasteiger partial charge in [-0.1, -0.05) is 12.8 Å². The van der Waals surface area contributed by atoms with Crippen molar-refractivity contribution in [1.82, 2.24) is 9.80 Å². The van der Waals surface area contributed by atoms with Crippen molar-refractivity contribution >= 4 is 23.2 Å². The molecule has 1 aromatic rings. The largest absolute Gasteiger partial charge is 0.371 e. The monoisotopic (exact) mass is 398 g/mol. The van der Waals surface area contributed by atoms with Crippen molar-refractivity contribution in [1.29, 1.82) is 0 Å². The van der Waals surface area contributed by atoms with Crippen molar-refractivity contribution in [3.05, 3.63) is 23.8 Å². The highest BCUT2D eigenvalue weighted by Gasteiger charge is 2.31. The maximum atomic E-state index is 13.4. The molecule has 3 fully saturated rings. The van der Waals surface area contributed by atoms with Gasteiger partial charge < -0.3 is 20.0 Å². The van der Waals surface area contributed by atoms with Crippen LogP contribution in [-0.4, -0.2) is 67.4 Å². The highest BCUT2D eigenvalue weighted by molar-refractivity contribution is 6.02. The number of hydrogen-bond acceptors (Lipinski definition) is 4. The summed E-state index contributed by atoms with van der Waals surface area (Å²) in [6.45, 7) is 6.54. The molecule has 1 saturated carbocycles. The summed E-state index contributed by atoms with van der Waals surface area (Å²) in [4.78, 5) is 32.3. The Kier molecular flexibility index (Phi) is 6.09. The van der Waals surface area contributed by atoms with Gasteiger partial charge in [-0.2, -0.15) is 0 Å². The number of nitrogens with one attached hydrogen (secondary N) is 1. The van der Waals surface area contributed by atoms with Gasteiger partial charge in [0, 0.05) is 50.4 Å². The summed E-state index contributed by atoms with van der Waals surface area (Å²) in [5.74, 6) is 0.396. The van der Waals surface area contributed by atoms with E-state index in [0.717, 1.165) is 75.3 Å². The smallest absolute Gasteiger partial charge is 0.256 e. The third-order valence-electron chi connectivity index (χ3n) is 6.64. The van der Waals surface area contributed by atoms with Gasteiger partial charge in [0.05, 0.1) is 11.3 Å². The summed E-state index contributed by atoms with van der Waals surface area (Å²) in [5, 5.41) is 3.06. The zero-order chi connectivity index (χ0) is 20.4. The molecule has 29 heavy (non-hydrogen) atoms. The molecule has 6 heteroatoms. The van der Waals surface area contributed by atoms with E-state index in [4.69, 9.17) is 0 Å². The van der Waals surface area contributed by atoms with Gasteiger partial charge >= 0.3 is 0 Å². The topological polar surface area (TPSA) is 55.9 Å². The lowest BCUT2D eigenvalue weighted by Gasteiger charge is -2.38. The Labute approximate surface area is 174 Å². The molecule has 3 aliphatic rings. The van der Waals surface area contributed by atoms with E-state index in [1.54, 1.807) is 0 Å². The molecule has 2 saturated heterocycles. The zero-order valence-corrected chi connectivity index (χ0v) is 17.8. The lowest BCUT2D eigenvalue weighted by molar-refractivity contribution is -0.117. The van der Waals surface area contributed by atoms with E-state index in [2.05, 4.69) is 29.1 Å². The fourth-order valence-electron chi connectivity index (χ4n) is 4.36.